The van der Waals surface area contributed by atoms with Gasteiger partial charge in [0.1, 0.15) is 0 Å². The summed E-state index contributed by atoms with van der Waals surface area (Å²) in [7, 11) is 0. The Bertz CT molecular complexity index is 291. The lowest BCUT2D eigenvalue weighted by molar-refractivity contribution is 0.391. The molecule has 1 aromatic heterocycles. The number of hydrogen-bond donors (Lipinski definition) is 2. The second-order valence-corrected chi connectivity index (χ2v) is 4.53. The summed E-state index contributed by atoms with van der Waals surface area (Å²) in [5.41, 5.74) is 1.60. The van der Waals surface area contributed by atoms with E-state index in [-0.39, 0.29) is 0 Å². The standard InChI is InChI=1S/C12H19N3/c1-12(5-8-14-10-12)15-7-4-11-3-2-6-13-9-11/h2-3,6,9,14-15H,4-5,7-8,10H2,1H3. The average molecular weight is 205 g/mol. The van der Waals surface area contributed by atoms with Crippen LogP contribution in [0.5, 0.6) is 0 Å². The van der Waals surface area contributed by atoms with Crippen molar-refractivity contribution in [2.24, 2.45) is 0 Å². The van der Waals surface area contributed by atoms with Gasteiger partial charge in [-0.15, -0.1) is 0 Å². The summed E-state index contributed by atoms with van der Waals surface area (Å²) < 4.78 is 0. The zero-order valence-corrected chi connectivity index (χ0v) is 9.29. The molecule has 82 valence electrons. The van der Waals surface area contributed by atoms with Crippen LogP contribution >= 0.6 is 0 Å². The minimum atomic E-state index is 0.294. The Hall–Kier alpha value is -0.930. The van der Waals surface area contributed by atoms with Gasteiger partial charge >= 0.3 is 0 Å². The van der Waals surface area contributed by atoms with Gasteiger partial charge in [-0.05, 0) is 44.5 Å². The van der Waals surface area contributed by atoms with Crippen molar-refractivity contribution in [2.45, 2.75) is 25.3 Å². The molecule has 0 radical (unpaired) electrons. The molecular weight excluding hydrogens is 186 g/mol. The first-order valence-corrected chi connectivity index (χ1v) is 5.63. The van der Waals surface area contributed by atoms with E-state index in [1.165, 1.54) is 12.0 Å². The van der Waals surface area contributed by atoms with Crippen molar-refractivity contribution in [1.82, 2.24) is 15.6 Å². The predicted molar refractivity (Wildman–Crippen MR) is 61.8 cm³/mol. The van der Waals surface area contributed by atoms with Crippen molar-refractivity contribution in [3.8, 4) is 0 Å². The van der Waals surface area contributed by atoms with Crippen molar-refractivity contribution in [3.63, 3.8) is 0 Å². The summed E-state index contributed by atoms with van der Waals surface area (Å²) in [6.07, 6.45) is 6.04. The molecule has 0 aromatic carbocycles. The van der Waals surface area contributed by atoms with Crippen molar-refractivity contribution in [2.75, 3.05) is 19.6 Å². The largest absolute Gasteiger partial charge is 0.315 e. The van der Waals surface area contributed by atoms with Crippen LogP contribution in [-0.2, 0) is 6.42 Å². The van der Waals surface area contributed by atoms with Crippen LogP contribution in [0, 0.1) is 0 Å². The number of nitrogens with zero attached hydrogens (tertiary/aromatic N) is 1. The topological polar surface area (TPSA) is 37.0 Å². The molecule has 3 nitrogen and oxygen atoms in total. The van der Waals surface area contributed by atoms with Gasteiger partial charge in [-0.25, -0.2) is 0 Å². The molecule has 1 atom stereocenters. The number of hydrogen-bond acceptors (Lipinski definition) is 3. The molecule has 1 aliphatic heterocycles. The van der Waals surface area contributed by atoms with Crippen molar-refractivity contribution < 1.29 is 0 Å². The highest BCUT2D eigenvalue weighted by atomic mass is 15.1. The lowest BCUT2D eigenvalue weighted by Gasteiger charge is -2.24. The van der Waals surface area contributed by atoms with Gasteiger partial charge in [-0.1, -0.05) is 6.07 Å². The highest BCUT2D eigenvalue weighted by molar-refractivity contribution is 5.09. The fraction of sp³-hybridized carbons (Fsp3) is 0.583. The number of rotatable bonds is 4. The maximum atomic E-state index is 4.11. The van der Waals surface area contributed by atoms with E-state index in [4.69, 9.17) is 0 Å². The Morgan fingerprint density at radius 1 is 1.60 bits per heavy atom. The summed E-state index contributed by atoms with van der Waals surface area (Å²) in [6, 6.07) is 4.12. The van der Waals surface area contributed by atoms with Gasteiger partial charge in [0, 0.05) is 24.5 Å². The molecule has 0 bridgehead atoms. The highest BCUT2D eigenvalue weighted by Gasteiger charge is 2.26. The molecule has 0 saturated carbocycles. The first kappa shape index (κ1) is 10.6. The summed E-state index contributed by atoms with van der Waals surface area (Å²) in [5, 5.41) is 7.00. The number of aromatic nitrogens is 1. The third-order valence-electron chi connectivity index (χ3n) is 3.06. The highest BCUT2D eigenvalue weighted by Crippen LogP contribution is 2.12. The van der Waals surface area contributed by atoms with Gasteiger partial charge in [0.15, 0.2) is 0 Å². The van der Waals surface area contributed by atoms with Crippen LogP contribution in [0.25, 0.3) is 0 Å². The fourth-order valence-electron chi connectivity index (χ4n) is 2.02. The van der Waals surface area contributed by atoms with Crippen molar-refractivity contribution >= 4 is 0 Å². The SMILES string of the molecule is CC1(NCCc2cccnc2)CCNC1. The van der Waals surface area contributed by atoms with Gasteiger partial charge in [0.2, 0.25) is 0 Å². The normalized spacial score (nSPS) is 25.7. The van der Waals surface area contributed by atoms with E-state index in [1.807, 2.05) is 18.5 Å². The van der Waals surface area contributed by atoms with Crippen LogP contribution in [0.1, 0.15) is 18.9 Å². The molecule has 0 spiro atoms. The zero-order chi connectivity index (χ0) is 10.6. The van der Waals surface area contributed by atoms with Crippen LogP contribution in [0.4, 0.5) is 0 Å². The van der Waals surface area contributed by atoms with Crippen LogP contribution < -0.4 is 10.6 Å². The van der Waals surface area contributed by atoms with Crippen LogP contribution in [-0.4, -0.2) is 30.2 Å². The number of nitrogens with one attached hydrogen (secondary N) is 2. The molecule has 1 aliphatic rings. The molecule has 1 aromatic rings. The molecule has 0 aliphatic carbocycles. The molecule has 1 fully saturated rings. The third kappa shape index (κ3) is 3.01. The van der Waals surface area contributed by atoms with Gasteiger partial charge in [0.05, 0.1) is 0 Å². The van der Waals surface area contributed by atoms with Gasteiger partial charge in [-0.2, -0.15) is 0 Å². The van der Waals surface area contributed by atoms with E-state index in [0.717, 1.165) is 26.1 Å². The first-order chi connectivity index (χ1) is 7.29. The predicted octanol–water partition coefficient (Wildman–Crippen LogP) is 0.966. The molecule has 2 rings (SSSR count). The molecule has 15 heavy (non-hydrogen) atoms. The Labute approximate surface area is 91.3 Å². The van der Waals surface area contributed by atoms with Crippen LogP contribution in [0.2, 0.25) is 0 Å². The summed E-state index contributed by atoms with van der Waals surface area (Å²) in [4.78, 5) is 4.11. The minimum Gasteiger partial charge on any atom is -0.315 e. The lowest BCUT2D eigenvalue weighted by Crippen LogP contribution is -2.44. The third-order valence-corrected chi connectivity index (χ3v) is 3.06. The molecule has 2 heterocycles. The Morgan fingerprint density at radius 3 is 3.20 bits per heavy atom. The van der Waals surface area contributed by atoms with Crippen molar-refractivity contribution in [1.29, 1.82) is 0 Å². The van der Waals surface area contributed by atoms with E-state index in [1.54, 1.807) is 0 Å². The summed E-state index contributed by atoms with van der Waals surface area (Å²) >= 11 is 0. The van der Waals surface area contributed by atoms with E-state index in [0.29, 0.717) is 5.54 Å². The monoisotopic (exact) mass is 205 g/mol. The molecule has 0 amide bonds. The summed E-state index contributed by atoms with van der Waals surface area (Å²) in [6.45, 7) is 5.54. The second kappa shape index (κ2) is 4.73. The number of pyridine rings is 1. The second-order valence-electron chi connectivity index (χ2n) is 4.53. The molecule has 3 heteroatoms. The van der Waals surface area contributed by atoms with Gasteiger partial charge in [0.25, 0.3) is 0 Å². The fourth-order valence-corrected chi connectivity index (χ4v) is 2.02. The molecule has 2 N–H and O–H groups in total. The molecule has 1 saturated heterocycles. The van der Waals surface area contributed by atoms with E-state index >= 15 is 0 Å². The van der Waals surface area contributed by atoms with E-state index in [9.17, 15) is 0 Å². The summed E-state index contributed by atoms with van der Waals surface area (Å²) in [5.74, 6) is 0. The average Bonchev–Trinajstić information content (AvgIpc) is 2.67. The first-order valence-electron chi connectivity index (χ1n) is 5.63. The smallest absolute Gasteiger partial charge is 0.0300 e. The van der Waals surface area contributed by atoms with Crippen LogP contribution in [0.3, 0.4) is 0 Å². The van der Waals surface area contributed by atoms with Crippen LogP contribution in [0.15, 0.2) is 24.5 Å². The Morgan fingerprint density at radius 2 is 2.53 bits per heavy atom. The Kier molecular flexibility index (Phi) is 3.34. The molecular formula is C12H19N3. The zero-order valence-electron chi connectivity index (χ0n) is 9.29. The molecule has 1 unspecified atom stereocenters. The van der Waals surface area contributed by atoms with Gasteiger partial charge < -0.3 is 10.6 Å². The maximum absolute atomic E-state index is 4.11. The Balaban J connectivity index is 1.75. The maximum Gasteiger partial charge on any atom is 0.0300 e. The van der Waals surface area contributed by atoms with Crippen molar-refractivity contribution in [3.05, 3.63) is 30.1 Å². The van der Waals surface area contributed by atoms with Gasteiger partial charge in [-0.3, -0.25) is 4.98 Å². The minimum absolute atomic E-state index is 0.294. The van der Waals surface area contributed by atoms with E-state index < -0.39 is 0 Å². The van der Waals surface area contributed by atoms with E-state index in [2.05, 4.69) is 28.6 Å². The quantitative estimate of drug-likeness (QED) is 0.769. The lowest BCUT2D eigenvalue weighted by atomic mass is 10.0.